The number of benzene rings is 1. The van der Waals surface area contributed by atoms with E-state index < -0.39 is 5.82 Å². The van der Waals surface area contributed by atoms with E-state index in [9.17, 15) is 9.18 Å². The predicted octanol–water partition coefficient (Wildman–Crippen LogP) is 3.68. The number of alkyl halides is 1. The largest absolute Gasteiger partial charge is 0.341 e. The van der Waals surface area contributed by atoms with E-state index in [-0.39, 0.29) is 11.3 Å². The van der Waals surface area contributed by atoms with Gasteiger partial charge in [0.05, 0.1) is 5.56 Å². The van der Waals surface area contributed by atoms with Gasteiger partial charge in [0.15, 0.2) is 0 Å². The first kappa shape index (κ1) is 13.8. The maximum Gasteiger partial charge on any atom is 0.254 e. The van der Waals surface area contributed by atoms with Gasteiger partial charge in [-0.1, -0.05) is 0 Å². The highest BCUT2D eigenvalue weighted by Crippen LogP contribution is 2.32. The highest BCUT2D eigenvalue weighted by Gasteiger charge is 2.29. The fourth-order valence-electron chi connectivity index (χ4n) is 2.14. The minimum atomic E-state index is -0.403. The number of hydrogen-bond acceptors (Lipinski definition) is 1. The van der Waals surface area contributed by atoms with Crippen molar-refractivity contribution >= 4 is 33.4 Å². The minimum absolute atomic E-state index is 0.167. The number of hydrogen-bond donors (Lipinski definition) is 0. The summed E-state index contributed by atoms with van der Waals surface area (Å²) in [6.07, 6.45) is 1.90. The Morgan fingerprint density at radius 3 is 2.83 bits per heavy atom. The quantitative estimate of drug-likeness (QED) is 0.772. The van der Waals surface area contributed by atoms with Crippen molar-refractivity contribution in [3.8, 4) is 0 Å². The molecule has 2 rings (SSSR count). The Balaban J connectivity index is 2.03. The van der Waals surface area contributed by atoms with Gasteiger partial charge in [0.1, 0.15) is 5.82 Å². The molecule has 1 fully saturated rings. The van der Waals surface area contributed by atoms with Crippen LogP contribution in [0.15, 0.2) is 22.7 Å². The van der Waals surface area contributed by atoms with Gasteiger partial charge in [-0.2, -0.15) is 0 Å². The van der Waals surface area contributed by atoms with E-state index in [1.165, 1.54) is 12.1 Å². The van der Waals surface area contributed by atoms with Crippen molar-refractivity contribution in [1.29, 1.82) is 0 Å². The molecule has 1 aromatic carbocycles. The van der Waals surface area contributed by atoms with Crippen LogP contribution in [0.5, 0.6) is 0 Å². The van der Waals surface area contributed by atoms with Crippen LogP contribution in [0.25, 0.3) is 0 Å². The molecular formula is C13H14BrClFNO. The molecule has 0 aliphatic heterocycles. The maximum atomic E-state index is 13.2. The van der Waals surface area contributed by atoms with Gasteiger partial charge < -0.3 is 4.90 Å². The lowest BCUT2D eigenvalue weighted by molar-refractivity contribution is 0.0745. The number of halogens is 3. The van der Waals surface area contributed by atoms with E-state index in [0.29, 0.717) is 22.5 Å². The average Bonchev–Trinajstić information content (AvgIpc) is 2.29. The molecule has 0 unspecified atom stereocenters. The average molecular weight is 335 g/mol. The molecule has 1 aliphatic carbocycles. The van der Waals surface area contributed by atoms with Gasteiger partial charge >= 0.3 is 0 Å². The molecule has 0 saturated heterocycles. The summed E-state index contributed by atoms with van der Waals surface area (Å²) >= 11 is 9.18. The van der Waals surface area contributed by atoms with Crippen LogP contribution in [-0.2, 0) is 0 Å². The van der Waals surface area contributed by atoms with Crippen LogP contribution in [0.4, 0.5) is 4.39 Å². The SMILES string of the molecule is CN(CC1CC(Cl)C1)C(=O)c1cc(F)ccc1Br. The number of carbonyl (C=O) groups excluding carboxylic acids is 1. The normalized spacial score (nSPS) is 22.4. The molecule has 0 spiro atoms. The number of amides is 1. The molecule has 0 bridgehead atoms. The Morgan fingerprint density at radius 1 is 1.56 bits per heavy atom. The van der Waals surface area contributed by atoms with Crippen molar-refractivity contribution in [3.05, 3.63) is 34.1 Å². The van der Waals surface area contributed by atoms with Gasteiger partial charge in [0, 0.05) is 23.4 Å². The fourth-order valence-corrected chi connectivity index (χ4v) is 3.06. The van der Waals surface area contributed by atoms with Gasteiger partial charge in [0.2, 0.25) is 0 Å². The van der Waals surface area contributed by atoms with E-state index >= 15 is 0 Å². The maximum absolute atomic E-state index is 13.2. The number of rotatable bonds is 3. The highest BCUT2D eigenvalue weighted by molar-refractivity contribution is 9.10. The van der Waals surface area contributed by atoms with Crippen molar-refractivity contribution < 1.29 is 9.18 Å². The van der Waals surface area contributed by atoms with Gasteiger partial charge in [-0.05, 0) is 52.9 Å². The molecule has 0 aromatic heterocycles. The summed E-state index contributed by atoms with van der Waals surface area (Å²) in [5, 5.41) is 0.249. The fraction of sp³-hybridized carbons (Fsp3) is 0.462. The van der Waals surface area contributed by atoms with Crippen LogP contribution in [0.3, 0.4) is 0 Å². The van der Waals surface area contributed by atoms with Crippen molar-refractivity contribution in [3.63, 3.8) is 0 Å². The third-order valence-electron chi connectivity index (χ3n) is 3.22. The van der Waals surface area contributed by atoms with E-state index in [4.69, 9.17) is 11.6 Å². The number of nitrogens with zero attached hydrogens (tertiary/aromatic N) is 1. The van der Waals surface area contributed by atoms with Crippen LogP contribution < -0.4 is 0 Å². The van der Waals surface area contributed by atoms with E-state index in [1.54, 1.807) is 18.0 Å². The standard InChI is InChI=1S/C13H14BrClFNO/c1-17(7-8-4-9(15)5-8)13(18)11-6-10(16)2-3-12(11)14/h2-3,6,8-9H,4-5,7H2,1H3. The van der Waals surface area contributed by atoms with E-state index in [0.717, 1.165) is 12.8 Å². The highest BCUT2D eigenvalue weighted by atomic mass is 79.9. The molecule has 1 aliphatic rings. The summed E-state index contributed by atoms with van der Waals surface area (Å²) in [4.78, 5) is 13.8. The zero-order valence-electron chi connectivity index (χ0n) is 10.00. The monoisotopic (exact) mass is 333 g/mol. The first-order chi connectivity index (χ1) is 8.47. The van der Waals surface area contributed by atoms with Gasteiger partial charge in [-0.15, -0.1) is 11.6 Å². The second-order valence-electron chi connectivity index (χ2n) is 4.74. The minimum Gasteiger partial charge on any atom is -0.341 e. The molecule has 0 radical (unpaired) electrons. The Bertz CT molecular complexity index is 462. The molecule has 1 aromatic rings. The van der Waals surface area contributed by atoms with E-state index in [2.05, 4.69) is 15.9 Å². The Morgan fingerprint density at radius 2 is 2.22 bits per heavy atom. The first-order valence-electron chi connectivity index (χ1n) is 5.82. The van der Waals surface area contributed by atoms with Crippen LogP contribution in [0.1, 0.15) is 23.2 Å². The van der Waals surface area contributed by atoms with Crippen molar-refractivity contribution in [2.45, 2.75) is 18.2 Å². The molecule has 2 nitrogen and oxygen atoms in total. The lowest BCUT2D eigenvalue weighted by Gasteiger charge is -2.34. The van der Waals surface area contributed by atoms with Gasteiger partial charge in [0.25, 0.3) is 5.91 Å². The molecule has 0 N–H and O–H groups in total. The summed E-state index contributed by atoms with van der Waals surface area (Å²) < 4.78 is 13.8. The Labute approximate surface area is 119 Å². The lowest BCUT2D eigenvalue weighted by atomic mass is 9.84. The molecule has 98 valence electrons. The molecule has 5 heteroatoms. The number of carbonyl (C=O) groups is 1. The summed E-state index contributed by atoms with van der Waals surface area (Å²) in [7, 11) is 1.74. The van der Waals surface area contributed by atoms with Crippen LogP contribution in [-0.4, -0.2) is 29.8 Å². The molecule has 0 heterocycles. The topological polar surface area (TPSA) is 20.3 Å². The van der Waals surface area contributed by atoms with Crippen molar-refractivity contribution in [2.24, 2.45) is 5.92 Å². The third-order valence-corrected chi connectivity index (χ3v) is 4.26. The van der Waals surface area contributed by atoms with Gasteiger partial charge in [-0.3, -0.25) is 4.79 Å². The summed E-state index contributed by atoms with van der Waals surface area (Å²) in [6, 6.07) is 4.13. The predicted molar refractivity (Wildman–Crippen MR) is 73.4 cm³/mol. The second-order valence-corrected chi connectivity index (χ2v) is 6.22. The summed E-state index contributed by atoms with van der Waals surface area (Å²) in [5.74, 6) is -0.104. The van der Waals surface area contributed by atoms with Gasteiger partial charge in [-0.25, -0.2) is 4.39 Å². The second kappa shape index (κ2) is 5.57. The van der Waals surface area contributed by atoms with Crippen LogP contribution in [0, 0.1) is 11.7 Å². The third kappa shape index (κ3) is 3.04. The molecule has 1 saturated carbocycles. The Kier molecular flexibility index (Phi) is 4.28. The lowest BCUT2D eigenvalue weighted by Crippen LogP contribution is -2.38. The summed E-state index contributed by atoms with van der Waals surface area (Å²) in [5.41, 5.74) is 0.360. The Hall–Kier alpha value is -0.610. The first-order valence-corrected chi connectivity index (χ1v) is 7.05. The zero-order valence-corrected chi connectivity index (χ0v) is 12.3. The summed E-state index contributed by atoms with van der Waals surface area (Å²) in [6.45, 7) is 0.672. The van der Waals surface area contributed by atoms with Crippen molar-refractivity contribution in [1.82, 2.24) is 4.90 Å². The molecule has 1 amide bonds. The molecular weight excluding hydrogens is 321 g/mol. The molecule has 18 heavy (non-hydrogen) atoms. The van der Waals surface area contributed by atoms with E-state index in [1.807, 2.05) is 0 Å². The molecule has 0 atom stereocenters. The zero-order chi connectivity index (χ0) is 13.3. The smallest absolute Gasteiger partial charge is 0.254 e. The van der Waals surface area contributed by atoms with Crippen LogP contribution in [0.2, 0.25) is 0 Å². The van der Waals surface area contributed by atoms with Crippen molar-refractivity contribution in [2.75, 3.05) is 13.6 Å². The van der Waals surface area contributed by atoms with Crippen LogP contribution >= 0.6 is 27.5 Å².